The molecule has 0 spiro atoms. The zero-order valence-electron chi connectivity index (χ0n) is 32.1. The van der Waals surface area contributed by atoms with Crippen LogP contribution in [0.2, 0.25) is 0 Å². The van der Waals surface area contributed by atoms with E-state index in [1.54, 1.807) is 18.2 Å². The number of amides is 4. The van der Waals surface area contributed by atoms with Gasteiger partial charge in [0.05, 0.1) is 21.7 Å². The first kappa shape index (κ1) is 40.3. The van der Waals surface area contributed by atoms with Crippen LogP contribution in [0.25, 0.3) is 0 Å². The molecule has 0 N–H and O–H groups in total. The average molecular weight is 745 g/mol. The molecule has 3 aliphatic heterocycles. The molecule has 5 atom stereocenters. The highest BCUT2D eigenvalue weighted by Gasteiger charge is 2.78. The Kier molecular flexibility index (Phi) is 12.1. The van der Waals surface area contributed by atoms with Crippen LogP contribution in [0.4, 0.5) is 11.4 Å². The summed E-state index contributed by atoms with van der Waals surface area (Å²) in [4.78, 5) is 76.1. The maximum atomic E-state index is 13.2. The monoisotopic (exact) mass is 744 g/mol. The van der Waals surface area contributed by atoms with E-state index in [9.17, 15) is 39.4 Å². The van der Waals surface area contributed by atoms with Crippen LogP contribution in [-0.2, 0) is 30.1 Å². The topological polar surface area (TPSA) is 186 Å². The lowest BCUT2D eigenvalue weighted by atomic mass is 9.70. The van der Waals surface area contributed by atoms with Gasteiger partial charge >= 0.3 is 0 Å². The van der Waals surface area contributed by atoms with Crippen LogP contribution < -0.4 is 0 Å². The van der Waals surface area contributed by atoms with Gasteiger partial charge in [0, 0.05) is 42.8 Å². The molecule has 1 aliphatic carbocycles. The van der Waals surface area contributed by atoms with E-state index in [4.69, 9.17) is 0 Å². The molecule has 0 bridgehead atoms. The zero-order chi connectivity index (χ0) is 39.5. The summed E-state index contributed by atoms with van der Waals surface area (Å²) >= 11 is 0. The number of rotatable bonds is 16. The van der Waals surface area contributed by atoms with Gasteiger partial charge in [-0.05, 0) is 35.8 Å². The highest BCUT2D eigenvalue weighted by atomic mass is 16.6. The molecule has 2 aromatic carbocycles. The summed E-state index contributed by atoms with van der Waals surface area (Å²) in [6.45, 7) is 12.9. The van der Waals surface area contributed by atoms with Gasteiger partial charge in [-0.3, -0.25) is 49.2 Å². The molecule has 54 heavy (non-hydrogen) atoms. The van der Waals surface area contributed by atoms with Crippen LogP contribution >= 0.6 is 0 Å². The number of nitro benzene ring substituents is 2. The van der Waals surface area contributed by atoms with E-state index >= 15 is 0 Å². The molecule has 1 saturated carbocycles. The van der Waals surface area contributed by atoms with Gasteiger partial charge in [0.25, 0.3) is 17.3 Å². The summed E-state index contributed by atoms with van der Waals surface area (Å²) in [5.74, 6) is -2.37. The van der Waals surface area contributed by atoms with Gasteiger partial charge in [-0.15, -0.1) is 0 Å². The second-order valence-electron chi connectivity index (χ2n) is 15.6. The number of non-ortho nitro benzene ring substituents is 2. The fourth-order valence-corrected chi connectivity index (χ4v) is 9.07. The molecule has 4 amide bonds. The molecule has 3 fully saturated rings. The Hall–Kier alpha value is -4.88. The molecular weight excluding hydrogens is 692 g/mol. The summed E-state index contributed by atoms with van der Waals surface area (Å²) in [5.41, 5.74) is -0.430. The molecule has 0 aromatic heterocycles. The van der Waals surface area contributed by atoms with Gasteiger partial charge < -0.3 is 0 Å². The minimum Gasteiger partial charge on any atom is -0.282 e. The molecule has 14 nitrogen and oxygen atoms in total. The number of fused-ring (bicyclic) bond motifs is 2. The predicted molar refractivity (Wildman–Crippen MR) is 200 cm³/mol. The quantitative estimate of drug-likeness (QED) is 0.0730. The van der Waals surface area contributed by atoms with Gasteiger partial charge in [0.2, 0.25) is 17.7 Å². The molecule has 14 heteroatoms. The lowest BCUT2D eigenvalue weighted by Crippen LogP contribution is -2.43. The minimum atomic E-state index is -1.07. The zero-order valence-corrected chi connectivity index (χ0v) is 32.1. The number of hydrogen-bond acceptors (Lipinski definition) is 10. The van der Waals surface area contributed by atoms with Crippen molar-refractivity contribution in [2.24, 2.45) is 39.8 Å². The Morgan fingerprint density at radius 2 is 1.11 bits per heavy atom. The molecule has 2 saturated heterocycles. The van der Waals surface area contributed by atoms with Gasteiger partial charge in [-0.25, -0.2) is 0 Å². The molecule has 290 valence electrons. The van der Waals surface area contributed by atoms with Crippen molar-refractivity contribution in [1.82, 2.24) is 9.80 Å². The first-order chi connectivity index (χ1) is 25.7. The maximum absolute atomic E-state index is 13.2. The number of likely N-dealkylation sites (tertiary alicyclic amines) is 2. The molecule has 2 aromatic rings. The Balaban J connectivity index is 0.000000208. The summed E-state index contributed by atoms with van der Waals surface area (Å²) in [6.07, 6.45) is 7.94. The highest BCUT2D eigenvalue weighted by molar-refractivity contribution is 6.12. The smallest absolute Gasteiger partial charge is 0.269 e. The van der Waals surface area contributed by atoms with Crippen LogP contribution in [0.5, 0.6) is 0 Å². The van der Waals surface area contributed by atoms with Crippen molar-refractivity contribution >= 4 is 35.0 Å². The largest absolute Gasteiger partial charge is 0.282 e. The van der Waals surface area contributed by atoms with Crippen LogP contribution in [0.3, 0.4) is 0 Å². The third-order valence-electron chi connectivity index (χ3n) is 11.9. The number of nitrogens with zero attached hydrogens (tertiary/aromatic N) is 6. The van der Waals surface area contributed by atoms with E-state index in [1.165, 1.54) is 34.1 Å². The number of carbonyl (C=O) groups excluding carboxylic acids is 4. The standard InChI is InChI=1S/C20H26N4O4.C20H26N2O4/c1-4-5-6-7-11-23-18(25)16-17(19(23)26)21-22-20(16,13(2)3)14-9-8-10-15(12-14)24(27)28;1-4-5-6-7-11-21-18(23)16-17(19(21)24)20(16,13(2)3)14-9-8-10-15(12-14)22(25)26/h8-10,12-13,16-17H,4-7,11H2,1-3H3;8-10,12-13,16-17H,4-7,11H2,1-3H3. The van der Waals surface area contributed by atoms with E-state index in [0.29, 0.717) is 18.7 Å². The van der Waals surface area contributed by atoms with Crippen molar-refractivity contribution in [1.29, 1.82) is 0 Å². The number of benzene rings is 2. The van der Waals surface area contributed by atoms with E-state index in [2.05, 4.69) is 24.1 Å². The summed E-state index contributed by atoms with van der Waals surface area (Å²) < 4.78 is 0. The number of carbonyl (C=O) groups is 4. The van der Waals surface area contributed by atoms with Gasteiger partial charge in [0.1, 0.15) is 11.5 Å². The summed E-state index contributed by atoms with van der Waals surface area (Å²) in [6, 6.07) is 11.8. The molecular formula is C40H52N6O8. The Bertz CT molecular complexity index is 1800. The Labute approximate surface area is 316 Å². The highest BCUT2D eigenvalue weighted by Crippen LogP contribution is 2.68. The van der Waals surface area contributed by atoms with Gasteiger partial charge in [-0.1, -0.05) is 104 Å². The van der Waals surface area contributed by atoms with Crippen LogP contribution in [-0.4, -0.2) is 62.4 Å². The third-order valence-corrected chi connectivity index (χ3v) is 11.9. The van der Waals surface area contributed by atoms with Crippen molar-refractivity contribution in [2.45, 2.75) is 110 Å². The van der Waals surface area contributed by atoms with E-state index in [0.717, 1.165) is 56.9 Å². The number of nitro groups is 2. The van der Waals surface area contributed by atoms with Crippen molar-refractivity contribution in [3.63, 3.8) is 0 Å². The molecule has 4 aliphatic rings. The minimum absolute atomic E-state index is 0.00354. The Morgan fingerprint density at radius 3 is 1.57 bits per heavy atom. The lowest BCUT2D eigenvalue weighted by molar-refractivity contribution is -0.385. The second-order valence-corrected chi connectivity index (χ2v) is 15.6. The van der Waals surface area contributed by atoms with E-state index in [-0.39, 0.29) is 58.7 Å². The van der Waals surface area contributed by atoms with Gasteiger partial charge in [-0.2, -0.15) is 10.2 Å². The number of piperidine rings is 1. The molecule has 6 rings (SSSR count). The van der Waals surface area contributed by atoms with Crippen LogP contribution in [0, 0.1) is 49.8 Å². The van der Waals surface area contributed by atoms with Crippen molar-refractivity contribution < 1.29 is 29.0 Å². The predicted octanol–water partition coefficient (Wildman–Crippen LogP) is 7.53. The first-order valence-electron chi connectivity index (χ1n) is 19.3. The maximum Gasteiger partial charge on any atom is 0.269 e. The SMILES string of the molecule is CCCCCCN1C(=O)C2C(C1=O)C2(c1cccc([N+](=O)[O-])c1)C(C)C.CCCCCCN1C(=O)C2N=NC(c3cccc([N+](=O)[O-])c3)(C(C)C)C2C1=O. The number of hydrogen-bond donors (Lipinski definition) is 0. The Morgan fingerprint density at radius 1 is 0.648 bits per heavy atom. The third kappa shape index (κ3) is 6.83. The van der Waals surface area contributed by atoms with E-state index in [1.807, 2.05) is 33.8 Å². The summed E-state index contributed by atoms with van der Waals surface area (Å²) in [7, 11) is 0. The molecule has 0 radical (unpaired) electrons. The number of unbranched alkanes of at least 4 members (excludes halogenated alkanes) is 6. The van der Waals surface area contributed by atoms with Crippen LogP contribution in [0.1, 0.15) is 104 Å². The normalized spacial score (nSPS) is 26.7. The molecule has 5 unspecified atom stereocenters. The van der Waals surface area contributed by atoms with Crippen LogP contribution in [0.15, 0.2) is 58.8 Å². The number of imide groups is 2. The fraction of sp³-hybridized carbons (Fsp3) is 0.600. The first-order valence-corrected chi connectivity index (χ1v) is 19.3. The van der Waals surface area contributed by atoms with Gasteiger partial charge in [0.15, 0.2) is 6.04 Å². The van der Waals surface area contributed by atoms with Crippen molar-refractivity contribution in [3.05, 3.63) is 79.9 Å². The summed E-state index contributed by atoms with van der Waals surface area (Å²) in [5, 5.41) is 31.0. The number of azo groups is 1. The average Bonchev–Trinajstić information content (AvgIpc) is 3.47. The lowest BCUT2D eigenvalue weighted by Gasteiger charge is -2.34. The second kappa shape index (κ2) is 16.2. The van der Waals surface area contributed by atoms with Crippen molar-refractivity contribution in [2.75, 3.05) is 13.1 Å². The van der Waals surface area contributed by atoms with E-state index < -0.39 is 32.8 Å². The fourth-order valence-electron chi connectivity index (χ4n) is 9.07. The molecule has 3 heterocycles. The van der Waals surface area contributed by atoms with Crippen molar-refractivity contribution in [3.8, 4) is 0 Å².